The summed E-state index contributed by atoms with van der Waals surface area (Å²) in [5, 5.41) is 9.73. The molecule has 3 heterocycles. The highest BCUT2D eigenvalue weighted by Gasteiger charge is 2.15. The molecule has 0 unspecified atom stereocenters. The summed E-state index contributed by atoms with van der Waals surface area (Å²) in [5.41, 5.74) is 1.19. The lowest BCUT2D eigenvalue weighted by Gasteiger charge is -2.04. The van der Waals surface area contributed by atoms with Gasteiger partial charge in [0.1, 0.15) is 12.1 Å². The Morgan fingerprint density at radius 3 is 2.95 bits per heavy atom. The van der Waals surface area contributed by atoms with Gasteiger partial charge in [-0.3, -0.25) is 4.57 Å². The van der Waals surface area contributed by atoms with Crippen LogP contribution in [0.15, 0.2) is 35.3 Å². The summed E-state index contributed by atoms with van der Waals surface area (Å²) in [4.78, 5) is 12.6. The fourth-order valence-electron chi connectivity index (χ4n) is 1.94. The summed E-state index contributed by atoms with van der Waals surface area (Å²) >= 11 is 3.47. The lowest BCUT2D eigenvalue weighted by atomic mass is 10.3. The van der Waals surface area contributed by atoms with Crippen molar-refractivity contribution in [3.63, 3.8) is 0 Å². The predicted molar refractivity (Wildman–Crippen MR) is 75.6 cm³/mol. The van der Waals surface area contributed by atoms with Gasteiger partial charge in [0.25, 0.3) is 0 Å². The van der Waals surface area contributed by atoms with E-state index in [1.54, 1.807) is 30.0 Å². The van der Waals surface area contributed by atoms with Gasteiger partial charge in [-0.25, -0.2) is 15.0 Å². The van der Waals surface area contributed by atoms with Gasteiger partial charge in [-0.1, -0.05) is 0 Å². The molecule has 0 fully saturated rings. The Morgan fingerprint density at radius 1 is 1.35 bits per heavy atom. The SMILES string of the molecule is COc1ncnc2c1c(Br)cn2-c1cc(C#N)ccn1. The highest BCUT2D eigenvalue weighted by molar-refractivity contribution is 9.10. The highest BCUT2D eigenvalue weighted by Crippen LogP contribution is 2.32. The van der Waals surface area contributed by atoms with E-state index in [-0.39, 0.29) is 0 Å². The van der Waals surface area contributed by atoms with Gasteiger partial charge in [-0.15, -0.1) is 0 Å². The quantitative estimate of drug-likeness (QED) is 0.721. The molecule has 0 spiro atoms. The molecule has 0 aliphatic rings. The molecular weight excluding hydrogens is 322 g/mol. The number of nitriles is 1. The minimum Gasteiger partial charge on any atom is -0.480 e. The Hall–Kier alpha value is -2.46. The number of ether oxygens (including phenoxy) is 1. The molecule has 0 aromatic carbocycles. The maximum absolute atomic E-state index is 8.97. The topological polar surface area (TPSA) is 76.6 Å². The summed E-state index contributed by atoms with van der Waals surface area (Å²) in [6.45, 7) is 0. The van der Waals surface area contributed by atoms with Crippen LogP contribution >= 0.6 is 15.9 Å². The molecule has 3 aromatic rings. The summed E-state index contributed by atoms with van der Waals surface area (Å²) < 4.78 is 7.82. The van der Waals surface area contributed by atoms with Gasteiger partial charge in [0, 0.05) is 12.4 Å². The number of fused-ring (bicyclic) bond motifs is 1. The van der Waals surface area contributed by atoms with Gasteiger partial charge in [0.2, 0.25) is 5.88 Å². The second-order valence-electron chi connectivity index (χ2n) is 3.94. The lowest BCUT2D eigenvalue weighted by Crippen LogP contribution is -1.98. The van der Waals surface area contributed by atoms with E-state index in [4.69, 9.17) is 10.00 Å². The first-order valence-corrected chi connectivity index (χ1v) is 6.46. The maximum atomic E-state index is 8.97. The van der Waals surface area contributed by atoms with E-state index >= 15 is 0 Å². The molecule has 0 saturated carbocycles. The average molecular weight is 330 g/mol. The number of halogens is 1. The molecule has 0 bridgehead atoms. The first kappa shape index (κ1) is 12.6. The van der Waals surface area contributed by atoms with Crippen LogP contribution in [0, 0.1) is 11.3 Å². The van der Waals surface area contributed by atoms with E-state index < -0.39 is 0 Å². The molecule has 98 valence electrons. The van der Waals surface area contributed by atoms with Gasteiger partial charge in [-0.05, 0) is 28.1 Å². The van der Waals surface area contributed by atoms with Crippen molar-refractivity contribution in [2.75, 3.05) is 7.11 Å². The molecule has 0 radical (unpaired) electrons. The molecule has 0 aliphatic carbocycles. The zero-order chi connectivity index (χ0) is 14.1. The third kappa shape index (κ3) is 1.90. The molecule has 3 aromatic heterocycles. The van der Waals surface area contributed by atoms with Crippen LogP contribution < -0.4 is 4.74 Å². The smallest absolute Gasteiger partial charge is 0.227 e. The maximum Gasteiger partial charge on any atom is 0.227 e. The third-order valence-corrected chi connectivity index (χ3v) is 3.42. The van der Waals surface area contributed by atoms with Gasteiger partial charge in [-0.2, -0.15) is 5.26 Å². The molecule has 0 saturated heterocycles. The minimum atomic E-state index is 0.483. The summed E-state index contributed by atoms with van der Waals surface area (Å²) in [7, 11) is 1.56. The van der Waals surface area contributed by atoms with Crippen molar-refractivity contribution in [1.82, 2.24) is 19.5 Å². The van der Waals surface area contributed by atoms with Crippen LogP contribution in [0.3, 0.4) is 0 Å². The van der Waals surface area contributed by atoms with Crippen molar-refractivity contribution in [2.24, 2.45) is 0 Å². The number of hydrogen-bond acceptors (Lipinski definition) is 5. The second kappa shape index (κ2) is 4.90. The third-order valence-electron chi connectivity index (χ3n) is 2.82. The molecule has 20 heavy (non-hydrogen) atoms. The predicted octanol–water partition coefficient (Wildman–Crippen LogP) is 2.46. The first-order valence-electron chi connectivity index (χ1n) is 5.66. The number of aromatic nitrogens is 4. The zero-order valence-corrected chi connectivity index (χ0v) is 12.0. The Morgan fingerprint density at radius 2 is 2.20 bits per heavy atom. The van der Waals surface area contributed by atoms with E-state index in [9.17, 15) is 0 Å². The molecule has 3 rings (SSSR count). The van der Waals surface area contributed by atoms with Gasteiger partial charge in [0.05, 0.1) is 28.6 Å². The Labute approximate surface area is 122 Å². The monoisotopic (exact) mass is 329 g/mol. The zero-order valence-electron chi connectivity index (χ0n) is 10.4. The van der Waals surface area contributed by atoms with Crippen molar-refractivity contribution < 1.29 is 4.74 Å². The summed E-state index contributed by atoms with van der Waals surface area (Å²) in [6.07, 6.45) is 4.84. The van der Waals surface area contributed by atoms with Crippen molar-refractivity contribution in [3.8, 4) is 17.8 Å². The van der Waals surface area contributed by atoms with E-state index in [0.29, 0.717) is 22.9 Å². The van der Waals surface area contributed by atoms with Crippen LogP contribution in [-0.4, -0.2) is 26.6 Å². The van der Waals surface area contributed by atoms with Crippen LogP contribution in [0.4, 0.5) is 0 Å². The van der Waals surface area contributed by atoms with Crippen LogP contribution in [0.25, 0.3) is 16.9 Å². The fraction of sp³-hybridized carbons (Fsp3) is 0.0769. The standard InChI is InChI=1S/C13H8BrN5O/c1-20-13-11-9(14)6-19(12(11)17-7-18-13)10-4-8(5-15)2-3-16-10/h2-4,6-7H,1H3. The van der Waals surface area contributed by atoms with Crippen molar-refractivity contribution in [2.45, 2.75) is 0 Å². The average Bonchev–Trinajstić information content (AvgIpc) is 2.85. The number of nitrogens with zero attached hydrogens (tertiary/aromatic N) is 5. The minimum absolute atomic E-state index is 0.483. The number of methoxy groups -OCH3 is 1. The summed E-state index contributed by atoms with van der Waals surface area (Å²) in [5.74, 6) is 1.09. The van der Waals surface area contributed by atoms with E-state index in [0.717, 1.165) is 9.86 Å². The molecular formula is C13H8BrN5O. The van der Waals surface area contributed by atoms with E-state index in [2.05, 4.69) is 37.0 Å². The van der Waals surface area contributed by atoms with Crippen molar-refractivity contribution in [1.29, 1.82) is 5.26 Å². The van der Waals surface area contributed by atoms with Gasteiger partial charge in [0.15, 0.2) is 5.65 Å². The van der Waals surface area contributed by atoms with Crippen molar-refractivity contribution in [3.05, 3.63) is 40.9 Å². The largest absolute Gasteiger partial charge is 0.480 e. The molecule has 0 aliphatic heterocycles. The molecule has 0 N–H and O–H groups in total. The Kier molecular flexibility index (Phi) is 3.08. The van der Waals surface area contributed by atoms with E-state index in [1.807, 2.05) is 6.20 Å². The fourth-order valence-corrected chi connectivity index (χ4v) is 2.49. The molecule has 0 amide bonds. The van der Waals surface area contributed by atoms with Crippen LogP contribution in [-0.2, 0) is 0 Å². The highest BCUT2D eigenvalue weighted by atomic mass is 79.9. The van der Waals surface area contributed by atoms with Gasteiger partial charge < -0.3 is 4.74 Å². The Balaban J connectivity index is 2.30. The number of rotatable bonds is 2. The number of hydrogen-bond donors (Lipinski definition) is 0. The normalized spacial score (nSPS) is 10.4. The van der Waals surface area contributed by atoms with Crippen LogP contribution in [0.5, 0.6) is 5.88 Å². The van der Waals surface area contributed by atoms with Crippen LogP contribution in [0.2, 0.25) is 0 Å². The van der Waals surface area contributed by atoms with Crippen LogP contribution in [0.1, 0.15) is 5.56 Å². The first-order chi connectivity index (χ1) is 9.74. The summed E-state index contributed by atoms with van der Waals surface area (Å²) in [6, 6.07) is 5.44. The molecule has 0 atom stereocenters. The molecule has 7 heteroatoms. The van der Waals surface area contributed by atoms with Crippen molar-refractivity contribution >= 4 is 27.0 Å². The molecule has 6 nitrogen and oxygen atoms in total. The lowest BCUT2D eigenvalue weighted by molar-refractivity contribution is 0.402. The van der Waals surface area contributed by atoms with E-state index in [1.165, 1.54) is 6.33 Å². The van der Waals surface area contributed by atoms with Gasteiger partial charge >= 0.3 is 0 Å². The Bertz CT molecular complexity index is 836. The second-order valence-corrected chi connectivity index (χ2v) is 4.80. The number of pyridine rings is 1.